The second kappa shape index (κ2) is 18.5. The van der Waals surface area contributed by atoms with Crippen molar-refractivity contribution in [1.29, 1.82) is 0 Å². The normalized spacial score (nSPS) is 20.3. The van der Waals surface area contributed by atoms with E-state index in [-0.39, 0.29) is 39.1 Å². The van der Waals surface area contributed by atoms with Gasteiger partial charge in [-0.2, -0.15) is 4.72 Å². The molecule has 4 aliphatic rings. The summed E-state index contributed by atoms with van der Waals surface area (Å²) < 4.78 is 62.8. The van der Waals surface area contributed by atoms with E-state index >= 15 is 4.39 Å². The van der Waals surface area contributed by atoms with Crippen LogP contribution in [0.15, 0.2) is 89.7 Å². The number of hydrogen-bond acceptors (Lipinski definition) is 11. The second-order valence-corrected chi connectivity index (χ2v) is 20.8. The number of anilines is 1. The molecule has 0 radical (unpaired) electrons. The number of nitrogens with zero attached hydrogens (tertiary/aromatic N) is 5. The molecule has 2 aromatic carbocycles. The van der Waals surface area contributed by atoms with Crippen molar-refractivity contribution in [2.24, 2.45) is 5.41 Å². The number of aromatic amines is 1. The van der Waals surface area contributed by atoms with E-state index in [1.165, 1.54) is 22.8 Å². The molecule has 3 aromatic heterocycles. The molecule has 0 saturated carbocycles. The Bertz CT molecular complexity index is 2610. The first-order chi connectivity index (χ1) is 30.7. The van der Waals surface area contributed by atoms with Gasteiger partial charge in [0.25, 0.3) is 0 Å². The number of sulfonamides is 1. The predicted octanol–water partition coefficient (Wildman–Crippen LogP) is 8.39. The zero-order valence-corrected chi connectivity index (χ0v) is 38.4. The van der Waals surface area contributed by atoms with Crippen molar-refractivity contribution in [2.45, 2.75) is 68.8 Å². The van der Waals surface area contributed by atoms with Crippen LogP contribution in [0, 0.1) is 5.41 Å². The van der Waals surface area contributed by atoms with Crippen molar-refractivity contribution in [2.75, 3.05) is 70.5 Å². The minimum absolute atomic E-state index is 0.0778. The fourth-order valence-corrected chi connectivity index (χ4v) is 10.5. The number of aliphatic hydroxyl groups is 1. The van der Waals surface area contributed by atoms with Crippen LogP contribution in [0.1, 0.15) is 63.3 Å². The first-order valence-corrected chi connectivity index (χ1v) is 24.1. The van der Waals surface area contributed by atoms with Crippen LogP contribution in [0.3, 0.4) is 0 Å². The van der Waals surface area contributed by atoms with Gasteiger partial charge < -0.3 is 29.2 Å². The number of alkyl halides is 1. The topological polar surface area (TPSA) is 145 Å². The fourth-order valence-electron chi connectivity index (χ4n) is 9.04. The highest BCUT2D eigenvalue weighted by Crippen LogP contribution is 2.44. The summed E-state index contributed by atoms with van der Waals surface area (Å²) in [6, 6.07) is 18.8. The largest absolute Gasteiger partial charge is 0.473 e. The summed E-state index contributed by atoms with van der Waals surface area (Å²) in [4.78, 5) is 18.4. The summed E-state index contributed by atoms with van der Waals surface area (Å²) in [5.41, 5.74) is 4.56. The van der Waals surface area contributed by atoms with Crippen LogP contribution in [-0.4, -0.2) is 116 Å². The lowest BCUT2D eigenvalue weighted by Crippen LogP contribution is -2.55. The SMILES string of the molecule is CC1(C)CCC(CN2CCN(c3ccc(C(O)NS(=O)(=O)c4cnc(OCC5(F)CCN(C6COC6)CC5)c(Cl)c4)c(Oc4cnc5[nH]ccc5c4)c3)CC2)=C(c2ccc(Cl)cc2)C1. The first kappa shape index (κ1) is 44.9. The quantitative estimate of drug-likeness (QED) is 0.0924. The summed E-state index contributed by atoms with van der Waals surface area (Å²) >= 11 is 12.7. The third-order valence-electron chi connectivity index (χ3n) is 13.1. The number of hydrogen-bond donors (Lipinski definition) is 3. The Hall–Kier alpha value is -4.32. The van der Waals surface area contributed by atoms with Crippen molar-refractivity contribution >= 4 is 55.5 Å². The second-order valence-electron chi connectivity index (χ2n) is 18.3. The number of H-pyrrole nitrogens is 1. The molecular formula is C47H54Cl2FN7O6S. The monoisotopic (exact) mass is 933 g/mol. The Morgan fingerprint density at radius 1 is 0.969 bits per heavy atom. The number of piperidine rings is 1. The Morgan fingerprint density at radius 2 is 1.73 bits per heavy atom. The summed E-state index contributed by atoms with van der Waals surface area (Å²) in [6.45, 7) is 11.1. The number of likely N-dealkylation sites (tertiary alicyclic amines) is 1. The number of benzene rings is 2. The van der Waals surface area contributed by atoms with Crippen LogP contribution in [0.25, 0.3) is 16.6 Å². The van der Waals surface area contributed by atoms with E-state index in [0.29, 0.717) is 56.6 Å². The van der Waals surface area contributed by atoms with Crippen LogP contribution in [0.2, 0.25) is 10.0 Å². The van der Waals surface area contributed by atoms with Crippen molar-refractivity contribution in [3.8, 4) is 17.4 Å². The highest BCUT2D eigenvalue weighted by Gasteiger charge is 2.39. The van der Waals surface area contributed by atoms with Crippen LogP contribution in [0.4, 0.5) is 10.1 Å². The molecule has 13 nitrogen and oxygen atoms in total. The molecule has 9 rings (SSSR count). The van der Waals surface area contributed by atoms with Crippen LogP contribution >= 0.6 is 23.2 Å². The fraction of sp³-hybridized carbons (Fsp3) is 0.447. The minimum atomic E-state index is -4.39. The minimum Gasteiger partial charge on any atom is -0.473 e. The molecule has 1 atom stereocenters. The molecule has 0 spiro atoms. The first-order valence-electron chi connectivity index (χ1n) is 21.9. The number of allylic oxidation sites excluding steroid dienone is 1. The van der Waals surface area contributed by atoms with Gasteiger partial charge in [0.2, 0.25) is 15.9 Å². The Balaban J connectivity index is 0.885. The number of pyridine rings is 2. The Labute approximate surface area is 383 Å². The maximum absolute atomic E-state index is 15.6. The number of aliphatic hydroxyl groups excluding tert-OH is 1. The Kier molecular flexibility index (Phi) is 13.0. The van der Waals surface area contributed by atoms with Crippen LogP contribution < -0.4 is 19.1 Å². The molecule has 64 heavy (non-hydrogen) atoms. The van der Waals surface area contributed by atoms with E-state index in [4.69, 9.17) is 37.4 Å². The molecule has 0 bridgehead atoms. The molecular weight excluding hydrogens is 881 g/mol. The average molecular weight is 935 g/mol. The van der Waals surface area contributed by atoms with E-state index in [1.54, 1.807) is 18.5 Å². The van der Waals surface area contributed by atoms with Gasteiger partial charge >= 0.3 is 0 Å². The smallest absolute Gasteiger partial charge is 0.244 e. The molecule has 340 valence electrons. The van der Waals surface area contributed by atoms with Crippen molar-refractivity contribution in [3.63, 3.8) is 0 Å². The summed E-state index contributed by atoms with van der Waals surface area (Å²) in [5.74, 6) is 0.582. The lowest BCUT2D eigenvalue weighted by atomic mass is 9.72. The standard InChI is InChI=1S/C47H54Cl2FN7O6S/c1-46(2)11-9-33(40(24-46)31-3-5-34(48)6-4-31)27-55-17-19-57(20-18-55)35-7-8-39(42(22-35)63-37-21-32-10-14-51-43(32)52-25-37)44(58)54-64(59,60)38-23-41(49)45(53-26-38)62-30-47(50)12-15-56(16-13-47)36-28-61-29-36/h3-8,10,14,21-23,25-26,36,44,54,58H,9,11-13,15-20,24,27-30H2,1-2H3,(H,51,52). The average Bonchev–Trinajstić information content (AvgIpc) is 3.73. The van der Waals surface area contributed by atoms with Gasteiger partial charge in [0.1, 0.15) is 45.6 Å². The molecule has 3 aliphatic heterocycles. The van der Waals surface area contributed by atoms with E-state index in [0.717, 1.165) is 74.3 Å². The third kappa shape index (κ3) is 10.2. The van der Waals surface area contributed by atoms with Crippen LogP contribution in [-0.2, 0) is 14.8 Å². The van der Waals surface area contributed by atoms with Crippen molar-refractivity contribution in [3.05, 3.63) is 106 Å². The zero-order valence-electron chi connectivity index (χ0n) is 36.0. The molecule has 3 N–H and O–H groups in total. The summed E-state index contributed by atoms with van der Waals surface area (Å²) in [7, 11) is -4.39. The van der Waals surface area contributed by atoms with Gasteiger partial charge in [-0.25, -0.2) is 22.8 Å². The number of piperazine rings is 1. The number of halogens is 3. The van der Waals surface area contributed by atoms with E-state index in [2.05, 4.69) is 60.4 Å². The van der Waals surface area contributed by atoms with Gasteiger partial charge in [0, 0.05) is 79.7 Å². The molecule has 1 unspecified atom stereocenters. The summed E-state index contributed by atoms with van der Waals surface area (Å²) in [5, 5.41) is 13.0. The van der Waals surface area contributed by atoms with Crippen molar-refractivity contribution < 1.29 is 32.1 Å². The molecule has 1 aliphatic carbocycles. The lowest BCUT2D eigenvalue weighted by Gasteiger charge is -2.43. The Morgan fingerprint density at radius 3 is 2.45 bits per heavy atom. The number of fused-ring (bicyclic) bond motifs is 1. The van der Waals surface area contributed by atoms with Gasteiger partial charge in [-0.1, -0.05) is 54.8 Å². The molecule has 17 heteroatoms. The molecule has 6 heterocycles. The third-order valence-corrected chi connectivity index (χ3v) is 15.0. The molecule has 5 aromatic rings. The number of ether oxygens (including phenoxy) is 3. The van der Waals surface area contributed by atoms with Gasteiger partial charge in [-0.05, 0) is 91.1 Å². The number of aromatic nitrogens is 3. The summed E-state index contributed by atoms with van der Waals surface area (Å²) in [6.07, 6.45) is 6.51. The van der Waals surface area contributed by atoms with Crippen LogP contribution in [0.5, 0.6) is 17.4 Å². The lowest BCUT2D eigenvalue weighted by molar-refractivity contribution is -0.0892. The van der Waals surface area contributed by atoms with Gasteiger partial charge in [-0.3, -0.25) is 9.80 Å². The zero-order chi connectivity index (χ0) is 44.6. The molecule has 3 fully saturated rings. The van der Waals surface area contributed by atoms with E-state index < -0.39 is 21.9 Å². The van der Waals surface area contributed by atoms with Crippen molar-refractivity contribution in [1.82, 2.24) is 29.5 Å². The molecule has 3 saturated heterocycles. The highest BCUT2D eigenvalue weighted by atomic mass is 35.5. The van der Waals surface area contributed by atoms with E-state index in [1.807, 2.05) is 36.4 Å². The van der Waals surface area contributed by atoms with Gasteiger partial charge in [0.05, 0.1) is 31.6 Å². The van der Waals surface area contributed by atoms with E-state index in [9.17, 15) is 13.5 Å². The molecule has 0 amide bonds. The number of nitrogens with one attached hydrogen (secondary N) is 2. The highest BCUT2D eigenvalue weighted by molar-refractivity contribution is 7.89. The number of rotatable bonds is 14. The maximum Gasteiger partial charge on any atom is 0.244 e. The predicted molar refractivity (Wildman–Crippen MR) is 247 cm³/mol. The van der Waals surface area contributed by atoms with Gasteiger partial charge in [-0.15, -0.1) is 0 Å². The maximum atomic E-state index is 15.6. The van der Waals surface area contributed by atoms with Gasteiger partial charge in [0.15, 0.2) is 0 Å².